The van der Waals surface area contributed by atoms with E-state index in [0.29, 0.717) is 44.9 Å². The van der Waals surface area contributed by atoms with Crippen LogP contribution < -0.4 is 0 Å². The number of carboxylic acid groups (broad SMARTS) is 2. The average Bonchev–Trinajstić information content (AvgIpc) is 3.59. The van der Waals surface area contributed by atoms with E-state index in [0.717, 1.165) is 44.4 Å². The molecule has 0 amide bonds. The van der Waals surface area contributed by atoms with Gasteiger partial charge in [-0.15, -0.1) is 24.8 Å². The van der Waals surface area contributed by atoms with Crippen LogP contribution in [-0.2, 0) is 16.0 Å². The first kappa shape index (κ1) is 36.5. The second-order valence-corrected chi connectivity index (χ2v) is 11.7. The molecule has 0 spiro atoms. The maximum absolute atomic E-state index is 11.6. The third-order valence-electron chi connectivity index (χ3n) is 8.65. The maximum atomic E-state index is 11.6. The smallest absolute Gasteiger partial charge is 0.303 e. The second kappa shape index (κ2) is 14.2. The highest BCUT2D eigenvalue weighted by molar-refractivity contribution is 5.96. The zero-order chi connectivity index (χ0) is 32.0. The van der Waals surface area contributed by atoms with Gasteiger partial charge in [-0.1, -0.05) is 0 Å². The molecule has 3 aromatic heterocycles. The molecule has 46 heavy (non-hydrogen) atoms. The minimum absolute atomic E-state index is 0. The molecule has 0 saturated carbocycles. The number of aliphatic carboxylic acids is 2. The molecule has 0 radical (unpaired) electrons. The lowest BCUT2D eigenvalue weighted by Crippen LogP contribution is -2.02. The summed E-state index contributed by atoms with van der Waals surface area (Å²) in [7, 11) is 0. The van der Waals surface area contributed by atoms with Gasteiger partial charge in [0.15, 0.2) is 0 Å². The molecule has 6 N–H and O–H groups in total. The van der Waals surface area contributed by atoms with Crippen molar-refractivity contribution >= 4 is 81.1 Å². The predicted molar refractivity (Wildman–Crippen MR) is 185 cm³/mol. The first-order valence-corrected chi connectivity index (χ1v) is 14.7. The first-order chi connectivity index (χ1) is 20.8. The maximum Gasteiger partial charge on any atom is 0.303 e. The highest BCUT2D eigenvalue weighted by atomic mass is 35.5. The monoisotopic (exact) mass is 670 g/mol. The molecule has 0 aliphatic carbocycles. The van der Waals surface area contributed by atoms with Gasteiger partial charge >= 0.3 is 11.9 Å². The molecule has 2 aliphatic rings. The summed E-state index contributed by atoms with van der Waals surface area (Å²) in [5, 5.41) is 40.5. The number of rotatable bonds is 8. The van der Waals surface area contributed by atoms with E-state index in [9.17, 15) is 30.0 Å². The van der Waals surface area contributed by atoms with E-state index in [1.807, 2.05) is 52.0 Å². The van der Waals surface area contributed by atoms with E-state index in [1.54, 1.807) is 13.8 Å². The quantitative estimate of drug-likeness (QED) is 0.149. The number of aryl methyl sites for hydroxylation is 3. The van der Waals surface area contributed by atoms with Crippen LogP contribution in [0, 0.1) is 13.8 Å². The number of aliphatic hydroxyl groups is 2. The van der Waals surface area contributed by atoms with Crippen LogP contribution in [0.4, 0.5) is 0 Å². The molecule has 2 atom stereocenters. The van der Waals surface area contributed by atoms with E-state index in [4.69, 9.17) is 9.97 Å². The number of hydrogen-bond donors (Lipinski definition) is 6. The minimum Gasteiger partial charge on any atom is -0.481 e. The van der Waals surface area contributed by atoms with Gasteiger partial charge in [-0.3, -0.25) is 9.59 Å². The number of carboxylic acids is 2. The Labute approximate surface area is 279 Å². The molecule has 0 saturated heterocycles. The molecular formula is C34H40Cl2N4O6. The first-order valence-electron chi connectivity index (χ1n) is 14.7. The van der Waals surface area contributed by atoms with Crippen molar-refractivity contribution in [2.24, 2.45) is 0 Å². The summed E-state index contributed by atoms with van der Waals surface area (Å²) in [4.78, 5) is 39.8. The minimum atomic E-state index is -0.917. The van der Waals surface area contributed by atoms with Crippen molar-refractivity contribution in [1.82, 2.24) is 19.9 Å². The number of nitrogens with one attached hydrogen (secondary N) is 2. The van der Waals surface area contributed by atoms with Crippen molar-refractivity contribution in [3.63, 3.8) is 0 Å². The highest BCUT2D eigenvalue weighted by Gasteiger charge is 2.23. The molecule has 0 fully saturated rings. The van der Waals surface area contributed by atoms with Gasteiger partial charge in [-0.05, 0) is 112 Å². The molecule has 12 heteroatoms. The van der Waals surface area contributed by atoms with Gasteiger partial charge < -0.3 is 30.4 Å². The zero-order valence-corrected chi connectivity index (χ0v) is 28.2. The number of nitrogens with zero attached hydrogens (tertiary/aromatic N) is 2. The Morgan fingerprint density at radius 3 is 1.78 bits per heavy atom. The second-order valence-electron chi connectivity index (χ2n) is 11.7. The largest absolute Gasteiger partial charge is 0.481 e. The number of carbonyl (C=O) groups is 2. The van der Waals surface area contributed by atoms with Crippen molar-refractivity contribution in [2.45, 2.75) is 79.4 Å². The molecule has 5 rings (SSSR count). The van der Waals surface area contributed by atoms with E-state index < -0.39 is 24.1 Å². The lowest BCUT2D eigenvalue weighted by atomic mass is 9.99. The summed E-state index contributed by atoms with van der Waals surface area (Å²) >= 11 is 0. The molecule has 10 nitrogen and oxygen atoms in total. The summed E-state index contributed by atoms with van der Waals surface area (Å²) in [6.07, 6.45) is -1.16. The van der Waals surface area contributed by atoms with Crippen LogP contribution in [0.2, 0.25) is 0 Å². The molecule has 2 aliphatic heterocycles. The van der Waals surface area contributed by atoms with Crippen molar-refractivity contribution in [2.75, 3.05) is 0 Å². The Hall–Kier alpha value is -3.96. The number of aromatic nitrogens is 4. The normalized spacial score (nSPS) is 14.1. The van der Waals surface area contributed by atoms with E-state index in [-0.39, 0.29) is 50.5 Å². The molecular weight excluding hydrogens is 631 g/mol. The van der Waals surface area contributed by atoms with Crippen LogP contribution in [0.1, 0.15) is 98.1 Å². The number of allylic oxidation sites excluding steroid dienone is 3. The standard InChI is InChI=1S/C34H38N4O6.2ClH/c1-15-21(7-9-31(41)42)27-14-28-22(8-10-32(43)44)16(2)24(36-28)12-29-34(20(6)40)18(4)26(38-29)13-30-33(19(5)39)17(3)25(37-30)11-23(15)35-27;;/h11-14,19-20,35,38-40H,7-10H2,1-6H3,(H,41,42)(H,43,44);2*1H. The van der Waals surface area contributed by atoms with Gasteiger partial charge in [0.25, 0.3) is 0 Å². The van der Waals surface area contributed by atoms with Crippen molar-refractivity contribution in [3.8, 4) is 0 Å². The number of aliphatic hydroxyl groups excluding tert-OH is 2. The Kier molecular flexibility index (Phi) is 11.3. The predicted octanol–water partition coefficient (Wildman–Crippen LogP) is 6.95. The van der Waals surface area contributed by atoms with Crippen LogP contribution in [0.3, 0.4) is 0 Å². The van der Waals surface area contributed by atoms with Gasteiger partial charge in [0.1, 0.15) is 0 Å². The Morgan fingerprint density at radius 1 is 0.674 bits per heavy atom. The summed E-state index contributed by atoms with van der Waals surface area (Å²) in [5.41, 5.74) is 11.7. The summed E-state index contributed by atoms with van der Waals surface area (Å²) < 4.78 is 0. The summed E-state index contributed by atoms with van der Waals surface area (Å²) in [6, 6.07) is 7.51. The molecule has 8 bridgehead atoms. The van der Waals surface area contributed by atoms with E-state index >= 15 is 0 Å². The van der Waals surface area contributed by atoms with Gasteiger partial charge in [0, 0.05) is 46.0 Å². The van der Waals surface area contributed by atoms with Crippen molar-refractivity contribution in [1.29, 1.82) is 0 Å². The molecule has 246 valence electrons. The average molecular weight is 672 g/mol. The Bertz CT molecular complexity index is 1930. The number of hydrogen-bond acceptors (Lipinski definition) is 6. The molecule has 5 heterocycles. The third-order valence-corrected chi connectivity index (χ3v) is 8.65. The third kappa shape index (κ3) is 6.90. The number of fused-ring (bicyclic) bond motifs is 8. The topological polar surface area (TPSA) is 172 Å². The lowest BCUT2D eigenvalue weighted by molar-refractivity contribution is -0.137. The Morgan fingerprint density at radius 2 is 1.17 bits per heavy atom. The van der Waals surface area contributed by atoms with E-state index in [2.05, 4.69) is 9.97 Å². The fraction of sp³-hybridized carbons (Fsp3) is 0.353. The highest BCUT2D eigenvalue weighted by Crippen LogP contribution is 2.37. The fourth-order valence-corrected chi connectivity index (χ4v) is 6.31. The van der Waals surface area contributed by atoms with Gasteiger partial charge in [0.2, 0.25) is 0 Å². The summed E-state index contributed by atoms with van der Waals surface area (Å²) in [6.45, 7) is 11.1. The molecule has 3 aromatic rings. The van der Waals surface area contributed by atoms with Crippen LogP contribution in [-0.4, -0.2) is 58.4 Å². The SMILES string of the molecule is CC1=C(CCC(=O)O)c2cc3[nH]c(cc4nc(cc5[nH]c(cc1n2)c(C(C)O)c5C)C(C(C)O)=C4C)c(C)c3CCC(=O)O.Cl.Cl. The van der Waals surface area contributed by atoms with Gasteiger partial charge in [-0.25, -0.2) is 9.97 Å². The number of H-pyrrole nitrogens is 2. The fourth-order valence-electron chi connectivity index (χ4n) is 6.31. The van der Waals surface area contributed by atoms with Crippen LogP contribution >= 0.6 is 24.8 Å². The Balaban J connectivity index is 0.00000288. The number of halogens is 2. The van der Waals surface area contributed by atoms with Crippen LogP contribution in [0.25, 0.3) is 44.4 Å². The van der Waals surface area contributed by atoms with Crippen molar-refractivity contribution < 1.29 is 30.0 Å². The summed E-state index contributed by atoms with van der Waals surface area (Å²) in [5.74, 6) is -1.83. The molecule has 2 unspecified atom stereocenters. The zero-order valence-electron chi connectivity index (χ0n) is 26.6. The van der Waals surface area contributed by atoms with E-state index in [1.165, 1.54) is 0 Å². The van der Waals surface area contributed by atoms with Crippen molar-refractivity contribution in [3.05, 3.63) is 69.3 Å². The number of aromatic amines is 2. The lowest BCUT2D eigenvalue weighted by Gasteiger charge is -2.07. The van der Waals surface area contributed by atoms with Gasteiger partial charge in [-0.2, -0.15) is 0 Å². The van der Waals surface area contributed by atoms with Crippen LogP contribution in [0.15, 0.2) is 24.3 Å². The molecule has 0 aromatic carbocycles. The van der Waals surface area contributed by atoms with Gasteiger partial charge in [0.05, 0.1) is 35.0 Å². The van der Waals surface area contributed by atoms with Crippen LogP contribution in [0.5, 0.6) is 0 Å².